The summed E-state index contributed by atoms with van der Waals surface area (Å²) in [7, 11) is 0. The van der Waals surface area contributed by atoms with Crippen molar-refractivity contribution in [1.82, 2.24) is 0 Å². The Bertz CT molecular complexity index is 611. The lowest BCUT2D eigenvalue weighted by Gasteiger charge is -2.10. The highest BCUT2D eigenvalue weighted by Gasteiger charge is 2.30. The monoisotopic (exact) mass is 301 g/mol. The third-order valence-corrected chi connectivity index (χ3v) is 2.51. The fourth-order valence-corrected chi connectivity index (χ4v) is 1.58. The molecule has 0 aliphatic carbocycles. The Labute approximate surface area is 117 Å². The molecule has 21 heavy (non-hydrogen) atoms. The SMILES string of the molecule is Nc1ccc(OCc2ccc(OC(F)(F)F)cc2)c(F)c1. The van der Waals surface area contributed by atoms with E-state index in [1.807, 2.05) is 0 Å². The third-order valence-electron chi connectivity index (χ3n) is 2.51. The van der Waals surface area contributed by atoms with Crippen molar-refractivity contribution in [3.05, 3.63) is 53.8 Å². The van der Waals surface area contributed by atoms with Crippen molar-refractivity contribution < 1.29 is 27.0 Å². The summed E-state index contributed by atoms with van der Waals surface area (Å²) in [6, 6.07) is 9.10. The van der Waals surface area contributed by atoms with Gasteiger partial charge in [0.1, 0.15) is 12.4 Å². The standard InChI is InChI=1S/C14H11F4NO2/c15-12-7-10(19)3-6-13(12)20-8-9-1-4-11(5-2-9)21-14(16,17)18/h1-7H,8,19H2. The molecule has 2 aromatic rings. The molecule has 0 aliphatic rings. The van der Waals surface area contributed by atoms with Crippen LogP contribution >= 0.6 is 0 Å². The second-order valence-electron chi connectivity index (χ2n) is 4.17. The average Bonchev–Trinajstić information content (AvgIpc) is 2.38. The van der Waals surface area contributed by atoms with Gasteiger partial charge in [-0.2, -0.15) is 0 Å². The highest BCUT2D eigenvalue weighted by atomic mass is 19.4. The maximum absolute atomic E-state index is 13.5. The van der Waals surface area contributed by atoms with Gasteiger partial charge in [-0.3, -0.25) is 0 Å². The normalized spacial score (nSPS) is 11.2. The lowest BCUT2D eigenvalue weighted by Crippen LogP contribution is -2.17. The molecular formula is C14H11F4NO2. The van der Waals surface area contributed by atoms with Gasteiger partial charge in [-0.25, -0.2) is 4.39 Å². The first-order valence-electron chi connectivity index (χ1n) is 5.86. The van der Waals surface area contributed by atoms with Gasteiger partial charge in [0.15, 0.2) is 11.6 Å². The molecule has 0 radical (unpaired) electrons. The van der Waals surface area contributed by atoms with Gasteiger partial charge in [-0.1, -0.05) is 12.1 Å². The van der Waals surface area contributed by atoms with Crippen LogP contribution < -0.4 is 15.2 Å². The molecule has 0 fully saturated rings. The maximum Gasteiger partial charge on any atom is 0.573 e. The molecule has 0 bridgehead atoms. The zero-order chi connectivity index (χ0) is 15.5. The van der Waals surface area contributed by atoms with E-state index < -0.39 is 12.2 Å². The van der Waals surface area contributed by atoms with E-state index in [1.165, 1.54) is 24.3 Å². The minimum Gasteiger partial charge on any atom is -0.486 e. The van der Waals surface area contributed by atoms with Crippen LogP contribution in [0.15, 0.2) is 42.5 Å². The third kappa shape index (κ3) is 4.55. The number of alkyl halides is 3. The van der Waals surface area contributed by atoms with Crippen LogP contribution in [0, 0.1) is 5.82 Å². The number of halogens is 4. The van der Waals surface area contributed by atoms with Crippen molar-refractivity contribution >= 4 is 5.69 Å². The predicted octanol–water partition coefficient (Wildman–Crippen LogP) is 3.89. The number of anilines is 1. The summed E-state index contributed by atoms with van der Waals surface area (Å²) < 4.78 is 58.4. The highest BCUT2D eigenvalue weighted by Crippen LogP contribution is 2.24. The first-order valence-corrected chi connectivity index (χ1v) is 5.86. The molecule has 0 heterocycles. The van der Waals surface area contributed by atoms with Gasteiger partial charge >= 0.3 is 6.36 Å². The lowest BCUT2D eigenvalue weighted by molar-refractivity contribution is -0.274. The average molecular weight is 301 g/mol. The second-order valence-corrected chi connectivity index (χ2v) is 4.17. The molecule has 0 aliphatic heterocycles. The Hall–Kier alpha value is -2.44. The summed E-state index contributed by atoms with van der Waals surface area (Å²) in [5, 5.41) is 0. The molecule has 2 aromatic carbocycles. The summed E-state index contributed by atoms with van der Waals surface area (Å²) >= 11 is 0. The van der Waals surface area contributed by atoms with Gasteiger partial charge in [-0.05, 0) is 29.8 Å². The van der Waals surface area contributed by atoms with Gasteiger partial charge < -0.3 is 15.2 Å². The first kappa shape index (κ1) is 15.0. The molecule has 0 unspecified atom stereocenters. The molecule has 0 aromatic heterocycles. The zero-order valence-corrected chi connectivity index (χ0v) is 10.7. The van der Waals surface area contributed by atoms with E-state index in [-0.39, 0.29) is 23.8 Å². The molecule has 0 spiro atoms. The summed E-state index contributed by atoms with van der Waals surface area (Å²) in [5.41, 5.74) is 6.24. The van der Waals surface area contributed by atoms with Crippen molar-refractivity contribution in [2.24, 2.45) is 0 Å². The topological polar surface area (TPSA) is 44.5 Å². The number of nitrogen functional groups attached to an aromatic ring is 1. The van der Waals surface area contributed by atoms with Crippen LogP contribution in [0.5, 0.6) is 11.5 Å². The summed E-state index contributed by atoms with van der Waals surface area (Å²) in [4.78, 5) is 0. The maximum atomic E-state index is 13.5. The van der Waals surface area contributed by atoms with E-state index in [9.17, 15) is 17.6 Å². The van der Waals surface area contributed by atoms with E-state index in [2.05, 4.69) is 4.74 Å². The van der Waals surface area contributed by atoms with E-state index in [4.69, 9.17) is 10.5 Å². The molecule has 3 nitrogen and oxygen atoms in total. The summed E-state index contributed by atoms with van der Waals surface area (Å²) in [6.07, 6.45) is -4.73. The highest BCUT2D eigenvalue weighted by molar-refractivity contribution is 5.42. The molecule has 0 saturated heterocycles. The van der Waals surface area contributed by atoms with Crippen LogP contribution in [-0.2, 0) is 6.61 Å². The molecule has 0 atom stereocenters. The molecular weight excluding hydrogens is 290 g/mol. The van der Waals surface area contributed by atoms with Crippen molar-refractivity contribution in [1.29, 1.82) is 0 Å². The molecule has 2 N–H and O–H groups in total. The molecule has 0 saturated carbocycles. The summed E-state index contributed by atoms with van der Waals surface area (Å²) in [5.74, 6) is -0.920. The fourth-order valence-electron chi connectivity index (χ4n) is 1.58. The Balaban J connectivity index is 1.97. The van der Waals surface area contributed by atoms with Crippen molar-refractivity contribution in [2.45, 2.75) is 13.0 Å². The van der Waals surface area contributed by atoms with E-state index in [0.717, 1.165) is 18.2 Å². The summed E-state index contributed by atoms with van der Waals surface area (Å²) in [6.45, 7) is 0.00708. The number of hydrogen-bond acceptors (Lipinski definition) is 3. The van der Waals surface area contributed by atoms with Gasteiger partial charge in [0.25, 0.3) is 0 Å². The van der Waals surface area contributed by atoms with Gasteiger partial charge in [0.2, 0.25) is 0 Å². The van der Waals surface area contributed by atoms with E-state index in [0.29, 0.717) is 5.56 Å². The van der Waals surface area contributed by atoms with Gasteiger partial charge in [0.05, 0.1) is 0 Å². The van der Waals surface area contributed by atoms with Crippen LogP contribution in [0.4, 0.5) is 23.2 Å². The van der Waals surface area contributed by atoms with Crippen LogP contribution in [0.1, 0.15) is 5.56 Å². The number of nitrogens with two attached hydrogens (primary N) is 1. The van der Waals surface area contributed by atoms with E-state index in [1.54, 1.807) is 0 Å². The first-order chi connectivity index (χ1) is 9.83. The molecule has 112 valence electrons. The second kappa shape index (κ2) is 5.90. The zero-order valence-electron chi connectivity index (χ0n) is 10.7. The van der Waals surface area contributed by atoms with Crippen molar-refractivity contribution in [3.63, 3.8) is 0 Å². The smallest absolute Gasteiger partial charge is 0.486 e. The Morgan fingerprint density at radius 1 is 1.00 bits per heavy atom. The van der Waals surface area contributed by atoms with Crippen molar-refractivity contribution in [2.75, 3.05) is 5.73 Å². The number of hydrogen-bond donors (Lipinski definition) is 1. The van der Waals surface area contributed by atoms with Crippen LogP contribution in [0.3, 0.4) is 0 Å². The van der Waals surface area contributed by atoms with Crippen LogP contribution in [0.2, 0.25) is 0 Å². The number of benzene rings is 2. The molecule has 0 amide bonds. The van der Waals surface area contributed by atoms with Crippen molar-refractivity contribution in [3.8, 4) is 11.5 Å². The minimum atomic E-state index is -4.73. The predicted molar refractivity (Wildman–Crippen MR) is 68.3 cm³/mol. The number of ether oxygens (including phenoxy) is 2. The van der Waals surface area contributed by atoms with Gasteiger partial charge in [-0.15, -0.1) is 13.2 Å². The fraction of sp³-hybridized carbons (Fsp3) is 0.143. The molecule has 7 heteroatoms. The Morgan fingerprint density at radius 3 is 2.24 bits per heavy atom. The Morgan fingerprint density at radius 2 is 1.67 bits per heavy atom. The quantitative estimate of drug-likeness (QED) is 0.688. The van der Waals surface area contributed by atoms with Crippen LogP contribution in [0.25, 0.3) is 0 Å². The minimum absolute atomic E-state index is 0.00708. The van der Waals surface area contributed by atoms with Crippen LogP contribution in [-0.4, -0.2) is 6.36 Å². The largest absolute Gasteiger partial charge is 0.573 e. The molecule has 2 rings (SSSR count). The lowest BCUT2D eigenvalue weighted by atomic mass is 10.2. The Kier molecular flexibility index (Phi) is 4.21. The van der Waals surface area contributed by atoms with E-state index >= 15 is 0 Å². The van der Waals surface area contributed by atoms with Gasteiger partial charge in [0, 0.05) is 11.8 Å². The number of rotatable bonds is 4.